The summed E-state index contributed by atoms with van der Waals surface area (Å²) in [5, 5.41) is 11.7. The van der Waals surface area contributed by atoms with Gasteiger partial charge in [0.25, 0.3) is 5.91 Å². The van der Waals surface area contributed by atoms with Gasteiger partial charge >= 0.3 is 5.97 Å². The molecule has 3 amide bonds. The van der Waals surface area contributed by atoms with Crippen LogP contribution in [-0.2, 0) is 14.4 Å². The highest BCUT2D eigenvalue weighted by molar-refractivity contribution is 5.95. The van der Waals surface area contributed by atoms with Gasteiger partial charge in [0.15, 0.2) is 0 Å². The zero-order valence-electron chi connectivity index (χ0n) is 15.6. The molecule has 1 heterocycles. The lowest BCUT2D eigenvalue weighted by molar-refractivity contribution is -0.145. The Morgan fingerprint density at radius 3 is 2.33 bits per heavy atom. The summed E-state index contributed by atoms with van der Waals surface area (Å²) in [7, 11) is 0. The first-order chi connectivity index (χ1) is 12.8. The fourth-order valence-corrected chi connectivity index (χ4v) is 3.32. The molecule has 1 aromatic carbocycles. The molecule has 1 aromatic rings. The maximum Gasteiger partial charge on any atom is 0.323 e. The number of amides is 3. The van der Waals surface area contributed by atoms with Gasteiger partial charge in [0.2, 0.25) is 11.8 Å². The zero-order valence-corrected chi connectivity index (χ0v) is 15.6. The minimum absolute atomic E-state index is 0.113. The Bertz CT molecular complexity index is 717. The summed E-state index contributed by atoms with van der Waals surface area (Å²) in [6.07, 6.45) is 1.91. The molecule has 2 N–H and O–H groups in total. The van der Waals surface area contributed by atoms with Crippen LogP contribution in [0.5, 0.6) is 0 Å². The average molecular weight is 375 g/mol. The molecule has 1 aliphatic rings. The third-order valence-electron chi connectivity index (χ3n) is 4.59. The van der Waals surface area contributed by atoms with Gasteiger partial charge < -0.3 is 20.2 Å². The first-order valence-corrected chi connectivity index (χ1v) is 8.94. The normalized spacial score (nSPS) is 17.0. The van der Waals surface area contributed by atoms with E-state index in [-0.39, 0.29) is 30.3 Å². The average Bonchev–Trinajstić information content (AvgIpc) is 2.85. The summed E-state index contributed by atoms with van der Waals surface area (Å²) in [4.78, 5) is 49.7. The molecule has 0 aliphatic carbocycles. The summed E-state index contributed by atoms with van der Waals surface area (Å²) in [5.74, 6) is -1.60. The Kier molecular flexibility index (Phi) is 6.92. The van der Waals surface area contributed by atoms with Crippen molar-refractivity contribution in [1.82, 2.24) is 9.80 Å². The second kappa shape index (κ2) is 9.16. The van der Waals surface area contributed by atoms with E-state index in [0.29, 0.717) is 43.6 Å². The second-order valence-corrected chi connectivity index (χ2v) is 6.68. The first-order valence-electron chi connectivity index (χ1n) is 8.94. The van der Waals surface area contributed by atoms with E-state index >= 15 is 0 Å². The first kappa shape index (κ1) is 20.4. The number of carboxylic acid groups (broad SMARTS) is 1. The van der Waals surface area contributed by atoms with Crippen molar-refractivity contribution in [2.45, 2.75) is 39.2 Å². The summed E-state index contributed by atoms with van der Waals surface area (Å²) < 4.78 is 0. The third kappa shape index (κ3) is 5.80. The highest BCUT2D eigenvalue weighted by Gasteiger charge is 2.27. The SMILES string of the molecule is CC(=O)Nc1ccc(C(=O)N2CCCC(N(CC(=O)O)C(C)=O)CC2)cc1. The van der Waals surface area contributed by atoms with Crippen LogP contribution in [0, 0.1) is 0 Å². The van der Waals surface area contributed by atoms with E-state index in [4.69, 9.17) is 5.11 Å². The van der Waals surface area contributed by atoms with Crippen molar-refractivity contribution in [2.24, 2.45) is 0 Å². The van der Waals surface area contributed by atoms with E-state index in [1.165, 1.54) is 18.7 Å². The summed E-state index contributed by atoms with van der Waals surface area (Å²) in [5.41, 5.74) is 1.15. The van der Waals surface area contributed by atoms with E-state index < -0.39 is 5.97 Å². The van der Waals surface area contributed by atoms with Gasteiger partial charge in [-0.1, -0.05) is 0 Å². The topological polar surface area (TPSA) is 107 Å². The van der Waals surface area contributed by atoms with Crippen molar-refractivity contribution in [3.63, 3.8) is 0 Å². The van der Waals surface area contributed by atoms with E-state index in [1.807, 2.05) is 0 Å². The van der Waals surface area contributed by atoms with Crippen LogP contribution in [0.4, 0.5) is 5.69 Å². The van der Waals surface area contributed by atoms with Crippen molar-refractivity contribution in [2.75, 3.05) is 25.0 Å². The number of rotatable bonds is 5. The van der Waals surface area contributed by atoms with Gasteiger partial charge in [-0.25, -0.2) is 0 Å². The highest BCUT2D eigenvalue weighted by Crippen LogP contribution is 2.19. The van der Waals surface area contributed by atoms with Crippen LogP contribution in [0.2, 0.25) is 0 Å². The maximum atomic E-state index is 12.7. The summed E-state index contributed by atoms with van der Waals surface area (Å²) >= 11 is 0. The number of aliphatic carboxylic acids is 1. The number of likely N-dealkylation sites (tertiary alicyclic amines) is 1. The Morgan fingerprint density at radius 2 is 1.78 bits per heavy atom. The van der Waals surface area contributed by atoms with Crippen molar-refractivity contribution in [3.8, 4) is 0 Å². The van der Waals surface area contributed by atoms with E-state index in [0.717, 1.165) is 0 Å². The standard InChI is InChI=1S/C19H25N3O5/c1-13(23)20-16-7-5-15(6-8-16)19(27)21-10-3-4-17(9-11-21)22(14(2)24)12-18(25)26/h5-8,17H,3-4,9-12H2,1-2H3,(H,20,23)(H,25,26). The molecule has 1 saturated heterocycles. The van der Waals surface area contributed by atoms with E-state index in [1.54, 1.807) is 29.2 Å². The molecular formula is C19H25N3O5. The smallest absolute Gasteiger partial charge is 0.323 e. The molecule has 0 aromatic heterocycles. The molecule has 2 rings (SSSR count). The van der Waals surface area contributed by atoms with Gasteiger partial charge in [-0.3, -0.25) is 19.2 Å². The number of anilines is 1. The van der Waals surface area contributed by atoms with Crippen LogP contribution in [0.15, 0.2) is 24.3 Å². The molecular weight excluding hydrogens is 350 g/mol. The van der Waals surface area contributed by atoms with Crippen LogP contribution in [0.3, 0.4) is 0 Å². The second-order valence-electron chi connectivity index (χ2n) is 6.68. The molecule has 0 bridgehead atoms. The Morgan fingerprint density at radius 1 is 1.11 bits per heavy atom. The number of hydrogen-bond donors (Lipinski definition) is 2. The van der Waals surface area contributed by atoms with Crippen LogP contribution < -0.4 is 5.32 Å². The van der Waals surface area contributed by atoms with Crippen molar-refractivity contribution in [1.29, 1.82) is 0 Å². The fourth-order valence-electron chi connectivity index (χ4n) is 3.32. The van der Waals surface area contributed by atoms with Crippen molar-refractivity contribution in [3.05, 3.63) is 29.8 Å². The van der Waals surface area contributed by atoms with Gasteiger partial charge in [-0.2, -0.15) is 0 Å². The maximum absolute atomic E-state index is 12.7. The van der Waals surface area contributed by atoms with Crippen LogP contribution >= 0.6 is 0 Å². The predicted molar refractivity (Wildman–Crippen MR) is 99.3 cm³/mol. The number of carbonyl (C=O) groups is 4. The zero-order chi connectivity index (χ0) is 20.0. The minimum Gasteiger partial charge on any atom is -0.480 e. The summed E-state index contributed by atoms with van der Waals surface area (Å²) in [6, 6.07) is 6.52. The minimum atomic E-state index is -1.04. The molecule has 1 aliphatic heterocycles. The van der Waals surface area contributed by atoms with Gasteiger partial charge in [-0.15, -0.1) is 0 Å². The molecule has 1 atom stereocenters. The number of nitrogens with one attached hydrogen (secondary N) is 1. The highest BCUT2D eigenvalue weighted by atomic mass is 16.4. The predicted octanol–water partition coefficient (Wildman–Crippen LogP) is 1.57. The van der Waals surface area contributed by atoms with Crippen molar-refractivity contribution >= 4 is 29.4 Å². The van der Waals surface area contributed by atoms with Gasteiger partial charge in [0, 0.05) is 44.2 Å². The lowest BCUT2D eigenvalue weighted by Gasteiger charge is -2.28. The summed E-state index contributed by atoms with van der Waals surface area (Å²) in [6.45, 7) is 3.48. The van der Waals surface area contributed by atoms with Crippen LogP contribution in [0.25, 0.3) is 0 Å². The largest absolute Gasteiger partial charge is 0.480 e. The molecule has 146 valence electrons. The molecule has 0 saturated carbocycles. The van der Waals surface area contributed by atoms with E-state index in [9.17, 15) is 19.2 Å². The molecule has 1 unspecified atom stereocenters. The molecule has 0 spiro atoms. The number of carboxylic acids is 1. The number of hydrogen-bond acceptors (Lipinski definition) is 4. The third-order valence-corrected chi connectivity index (χ3v) is 4.59. The molecule has 1 fully saturated rings. The molecule has 27 heavy (non-hydrogen) atoms. The number of nitrogens with zero attached hydrogens (tertiary/aromatic N) is 2. The Labute approximate surface area is 158 Å². The Hall–Kier alpha value is -2.90. The van der Waals surface area contributed by atoms with E-state index in [2.05, 4.69) is 5.32 Å². The van der Waals surface area contributed by atoms with Gasteiger partial charge in [-0.05, 0) is 43.5 Å². The molecule has 0 radical (unpaired) electrons. The fraction of sp³-hybridized carbons (Fsp3) is 0.474. The van der Waals surface area contributed by atoms with Gasteiger partial charge in [0.1, 0.15) is 6.54 Å². The van der Waals surface area contributed by atoms with Crippen molar-refractivity contribution < 1.29 is 24.3 Å². The van der Waals surface area contributed by atoms with Crippen LogP contribution in [0.1, 0.15) is 43.5 Å². The van der Waals surface area contributed by atoms with Gasteiger partial charge in [0.05, 0.1) is 0 Å². The quantitative estimate of drug-likeness (QED) is 0.812. The number of carbonyl (C=O) groups excluding carboxylic acids is 3. The lowest BCUT2D eigenvalue weighted by atomic mass is 10.1. The Balaban J connectivity index is 2.02. The molecule has 8 heteroatoms. The lowest BCUT2D eigenvalue weighted by Crippen LogP contribution is -2.43. The number of benzene rings is 1. The van der Waals surface area contributed by atoms with Crippen LogP contribution in [-0.4, -0.2) is 64.3 Å². The monoisotopic (exact) mass is 375 g/mol. The molecule has 8 nitrogen and oxygen atoms in total.